The number of sulfonamides is 1. The third-order valence-electron chi connectivity index (χ3n) is 5.99. The topological polar surface area (TPSA) is 66.9 Å². The van der Waals surface area contributed by atoms with E-state index < -0.39 is 15.4 Å². The second-order valence-corrected chi connectivity index (χ2v) is 9.51. The van der Waals surface area contributed by atoms with Crippen molar-refractivity contribution in [2.24, 2.45) is 0 Å². The zero-order valence-electron chi connectivity index (χ0n) is 16.4. The van der Waals surface area contributed by atoms with Gasteiger partial charge in [0.1, 0.15) is 0 Å². The number of morpholine rings is 1. The minimum absolute atomic E-state index is 0.0868. The van der Waals surface area contributed by atoms with E-state index in [1.165, 1.54) is 4.31 Å². The van der Waals surface area contributed by atoms with Crippen molar-refractivity contribution >= 4 is 15.9 Å². The van der Waals surface area contributed by atoms with Gasteiger partial charge >= 0.3 is 0 Å². The number of carbonyl (C=O) groups is 1. The van der Waals surface area contributed by atoms with Crippen LogP contribution in [0.5, 0.6) is 0 Å². The molecule has 2 saturated heterocycles. The summed E-state index contributed by atoms with van der Waals surface area (Å²) in [7, 11) is -3.56. The van der Waals surface area contributed by atoms with Crippen molar-refractivity contribution in [1.29, 1.82) is 0 Å². The number of nitrogens with zero attached hydrogens (tertiary/aromatic N) is 2. The first-order valence-electron chi connectivity index (χ1n) is 10.0. The summed E-state index contributed by atoms with van der Waals surface area (Å²) in [6, 6.07) is 18.3. The Morgan fingerprint density at radius 3 is 1.97 bits per heavy atom. The lowest BCUT2D eigenvalue weighted by atomic mass is 9.72. The van der Waals surface area contributed by atoms with Crippen molar-refractivity contribution in [3.05, 3.63) is 66.2 Å². The van der Waals surface area contributed by atoms with Gasteiger partial charge in [0, 0.05) is 26.2 Å². The Labute approximate surface area is 172 Å². The fourth-order valence-corrected chi connectivity index (χ4v) is 5.76. The highest BCUT2D eigenvalue weighted by atomic mass is 32.2. The van der Waals surface area contributed by atoms with Gasteiger partial charge in [0.25, 0.3) is 0 Å². The van der Waals surface area contributed by atoms with Gasteiger partial charge in [0.05, 0.1) is 23.5 Å². The van der Waals surface area contributed by atoms with E-state index in [0.717, 1.165) is 5.56 Å². The first kappa shape index (κ1) is 20.1. The molecule has 0 unspecified atom stereocenters. The van der Waals surface area contributed by atoms with E-state index in [4.69, 9.17) is 4.74 Å². The van der Waals surface area contributed by atoms with Gasteiger partial charge in [-0.05, 0) is 30.5 Å². The standard InChI is InChI=1S/C22H26N2O4S/c25-21(23-15-17-28-18-16-23)22(19-7-3-1-4-8-19)11-13-24(14-12-22)29(26,27)20-9-5-2-6-10-20/h1-10H,11-18H2. The third kappa shape index (κ3) is 3.82. The van der Waals surface area contributed by atoms with Crippen LogP contribution >= 0.6 is 0 Å². The van der Waals surface area contributed by atoms with Crippen molar-refractivity contribution in [2.45, 2.75) is 23.2 Å². The summed E-state index contributed by atoms with van der Waals surface area (Å²) in [4.78, 5) is 15.8. The number of hydrogen-bond donors (Lipinski definition) is 0. The van der Waals surface area contributed by atoms with E-state index in [2.05, 4.69) is 0 Å². The second-order valence-electron chi connectivity index (χ2n) is 7.57. The SMILES string of the molecule is O=C(N1CCOCC1)C1(c2ccccc2)CCN(S(=O)(=O)c2ccccc2)CC1. The molecule has 0 N–H and O–H groups in total. The molecule has 0 spiro atoms. The number of rotatable bonds is 4. The molecular weight excluding hydrogens is 388 g/mol. The predicted octanol–water partition coefficient (Wildman–Crippen LogP) is 2.27. The second kappa shape index (κ2) is 8.26. The average Bonchev–Trinajstić information content (AvgIpc) is 2.80. The molecule has 6 nitrogen and oxygen atoms in total. The van der Waals surface area contributed by atoms with Gasteiger partial charge in [-0.1, -0.05) is 48.5 Å². The molecule has 2 aliphatic heterocycles. The van der Waals surface area contributed by atoms with Crippen LogP contribution in [-0.2, 0) is 25.0 Å². The molecule has 1 amide bonds. The highest BCUT2D eigenvalue weighted by Gasteiger charge is 2.47. The van der Waals surface area contributed by atoms with Crippen LogP contribution < -0.4 is 0 Å². The molecule has 2 aromatic rings. The molecule has 2 fully saturated rings. The summed E-state index contributed by atoms with van der Waals surface area (Å²) in [6.07, 6.45) is 0.943. The van der Waals surface area contributed by atoms with Crippen LogP contribution in [-0.4, -0.2) is 62.9 Å². The van der Waals surface area contributed by atoms with Crippen LogP contribution in [0.15, 0.2) is 65.6 Å². The molecular formula is C22H26N2O4S. The van der Waals surface area contributed by atoms with Crippen LogP contribution in [0.2, 0.25) is 0 Å². The summed E-state index contributed by atoms with van der Waals surface area (Å²) >= 11 is 0. The Kier molecular flexibility index (Phi) is 5.72. The fraction of sp³-hybridized carbons (Fsp3) is 0.409. The number of amides is 1. The van der Waals surface area contributed by atoms with Crippen LogP contribution in [0, 0.1) is 0 Å². The molecule has 4 rings (SSSR count). The van der Waals surface area contributed by atoms with E-state index in [1.54, 1.807) is 30.3 Å². The van der Waals surface area contributed by atoms with E-state index in [1.807, 2.05) is 35.2 Å². The number of ether oxygens (including phenoxy) is 1. The van der Waals surface area contributed by atoms with Crippen LogP contribution in [0.25, 0.3) is 0 Å². The Morgan fingerprint density at radius 1 is 0.828 bits per heavy atom. The number of carbonyl (C=O) groups excluding carboxylic acids is 1. The van der Waals surface area contributed by atoms with Crippen molar-refractivity contribution in [3.63, 3.8) is 0 Å². The summed E-state index contributed by atoms with van der Waals surface area (Å²) in [5.41, 5.74) is 0.273. The summed E-state index contributed by atoms with van der Waals surface area (Å²) in [6.45, 7) is 2.90. The van der Waals surface area contributed by atoms with Crippen LogP contribution in [0.1, 0.15) is 18.4 Å². The van der Waals surface area contributed by atoms with E-state index in [0.29, 0.717) is 57.1 Å². The van der Waals surface area contributed by atoms with Gasteiger partial charge in [0.15, 0.2) is 0 Å². The first-order chi connectivity index (χ1) is 14.0. The molecule has 0 saturated carbocycles. The van der Waals surface area contributed by atoms with Crippen molar-refractivity contribution in [3.8, 4) is 0 Å². The molecule has 0 atom stereocenters. The molecule has 2 aromatic carbocycles. The molecule has 0 aliphatic carbocycles. The maximum Gasteiger partial charge on any atom is 0.243 e. The van der Waals surface area contributed by atoms with Gasteiger partial charge in [-0.15, -0.1) is 0 Å². The lowest BCUT2D eigenvalue weighted by Crippen LogP contribution is -2.55. The van der Waals surface area contributed by atoms with Crippen LogP contribution in [0.3, 0.4) is 0 Å². The van der Waals surface area contributed by atoms with E-state index >= 15 is 0 Å². The number of piperidine rings is 1. The molecule has 7 heteroatoms. The summed E-state index contributed by atoms with van der Waals surface area (Å²) in [5.74, 6) is 0.0868. The molecule has 29 heavy (non-hydrogen) atoms. The predicted molar refractivity (Wildman–Crippen MR) is 110 cm³/mol. The minimum atomic E-state index is -3.56. The molecule has 2 heterocycles. The lowest BCUT2D eigenvalue weighted by molar-refractivity contribution is -0.143. The Balaban J connectivity index is 1.61. The largest absolute Gasteiger partial charge is 0.378 e. The Hall–Kier alpha value is -2.22. The maximum absolute atomic E-state index is 13.6. The van der Waals surface area contributed by atoms with Crippen molar-refractivity contribution in [2.75, 3.05) is 39.4 Å². The maximum atomic E-state index is 13.6. The summed E-state index contributed by atoms with van der Waals surface area (Å²) < 4.78 is 33.0. The smallest absolute Gasteiger partial charge is 0.243 e. The zero-order chi connectivity index (χ0) is 20.3. The quantitative estimate of drug-likeness (QED) is 0.770. The van der Waals surface area contributed by atoms with Gasteiger partial charge in [0.2, 0.25) is 15.9 Å². The first-order valence-corrected chi connectivity index (χ1v) is 11.5. The number of benzene rings is 2. The third-order valence-corrected chi connectivity index (χ3v) is 7.90. The van der Waals surface area contributed by atoms with E-state index in [-0.39, 0.29) is 5.91 Å². The molecule has 0 aromatic heterocycles. The normalized spacial score (nSPS) is 20.3. The van der Waals surface area contributed by atoms with Gasteiger partial charge in [-0.2, -0.15) is 4.31 Å². The Morgan fingerprint density at radius 2 is 1.38 bits per heavy atom. The van der Waals surface area contributed by atoms with Gasteiger partial charge < -0.3 is 9.64 Å². The van der Waals surface area contributed by atoms with Gasteiger partial charge in [-0.3, -0.25) is 4.79 Å². The highest BCUT2D eigenvalue weighted by Crippen LogP contribution is 2.39. The zero-order valence-corrected chi connectivity index (χ0v) is 17.2. The average molecular weight is 415 g/mol. The number of hydrogen-bond acceptors (Lipinski definition) is 4. The van der Waals surface area contributed by atoms with E-state index in [9.17, 15) is 13.2 Å². The van der Waals surface area contributed by atoms with Crippen molar-refractivity contribution in [1.82, 2.24) is 9.21 Å². The molecule has 154 valence electrons. The van der Waals surface area contributed by atoms with Crippen molar-refractivity contribution < 1.29 is 17.9 Å². The lowest BCUT2D eigenvalue weighted by Gasteiger charge is -2.43. The molecule has 2 aliphatic rings. The Bertz CT molecular complexity index is 933. The minimum Gasteiger partial charge on any atom is -0.378 e. The molecule has 0 bridgehead atoms. The summed E-state index contributed by atoms with van der Waals surface area (Å²) in [5, 5.41) is 0. The van der Waals surface area contributed by atoms with Gasteiger partial charge in [-0.25, -0.2) is 8.42 Å². The fourth-order valence-electron chi connectivity index (χ4n) is 4.30. The van der Waals surface area contributed by atoms with Crippen LogP contribution in [0.4, 0.5) is 0 Å². The highest BCUT2D eigenvalue weighted by molar-refractivity contribution is 7.89. The molecule has 0 radical (unpaired) electrons. The monoisotopic (exact) mass is 414 g/mol.